The standard InChI is InChI=1S/C15H28N2O/c1-15(2)10-14(7-9-18-15)17-8-3-4-13(11-17)16-12-5-6-12/h12-14,16H,3-11H2,1-2H3. The third kappa shape index (κ3) is 3.25. The second kappa shape index (κ2) is 5.10. The Labute approximate surface area is 111 Å². The number of nitrogens with one attached hydrogen (secondary N) is 1. The van der Waals surface area contributed by atoms with Crippen molar-refractivity contribution in [1.29, 1.82) is 0 Å². The average molecular weight is 252 g/mol. The lowest BCUT2D eigenvalue weighted by molar-refractivity contribution is -0.0866. The van der Waals surface area contributed by atoms with Crippen molar-refractivity contribution in [3.8, 4) is 0 Å². The van der Waals surface area contributed by atoms with E-state index < -0.39 is 0 Å². The normalized spacial score (nSPS) is 37.7. The Morgan fingerprint density at radius 2 is 1.94 bits per heavy atom. The van der Waals surface area contributed by atoms with Crippen molar-refractivity contribution >= 4 is 0 Å². The summed E-state index contributed by atoms with van der Waals surface area (Å²) in [5.74, 6) is 0. The average Bonchev–Trinajstić information content (AvgIpc) is 3.12. The SMILES string of the molecule is CC1(C)CC(N2CCCC(NC3CC3)C2)CCO1. The van der Waals surface area contributed by atoms with Gasteiger partial charge in [0.05, 0.1) is 5.60 Å². The fourth-order valence-corrected chi connectivity index (χ4v) is 3.57. The van der Waals surface area contributed by atoms with Crippen LogP contribution in [0, 0.1) is 0 Å². The lowest BCUT2D eigenvalue weighted by Gasteiger charge is -2.44. The molecule has 2 saturated heterocycles. The minimum Gasteiger partial charge on any atom is -0.375 e. The van der Waals surface area contributed by atoms with Gasteiger partial charge in [-0.2, -0.15) is 0 Å². The Morgan fingerprint density at radius 3 is 2.67 bits per heavy atom. The molecule has 18 heavy (non-hydrogen) atoms. The van der Waals surface area contributed by atoms with Gasteiger partial charge in [0.2, 0.25) is 0 Å². The van der Waals surface area contributed by atoms with Gasteiger partial charge < -0.3 is 10.1 Å². The van der Waals surface area contributed by atoms with Gasteiger partial charge in [-0.1, -0.05) is 0 Å². The van der Waals surface area contributed by atoms with Crippen LogP contribution in [-0.2, 0) is 4.74 Å². The third-order valence-electron chi connectivity index (χ3n) is 4.69. The molecule has 104 valence electrons. The molecule has 3 heteroatoms. The molecule has 0 aromatic heterocycles. The number of hydrogen-bond donors (Lipinski definition) is 1. The molecular weight excluding hydrogens is 224 g/mol. The van der Waals surface area contributed by atoms with E-state index in [1.807, 2.05) is 0 Å². The maximum absolute atomic E-state index is 5.85. The first-order valence-corrected chi connectivity index (χ1v) is 7.76. The number of likely N-dealkylation sites (tertiary alicyclic amines) is 1. The molecule has 2 unspecified atom stereocenters. The molecule has 0 aromatic rings. The van der Waals surface area contributed by atoms with E-state index in [0.717, 1.165) is 24.7 Å². The first kappa shape index (κ1) is 12.9. The number of nitrogens with zero attached hydrogens (tertiary/aromatic N) is 1. The Hall–Kier alpha value is -0.120. The minimum atomic E-state index is 0.0831. The van der Waals surface area contributed by atoms with Crippen LogP contribution >= 0.6 is 0 Å². The summed E-state index contributed by atoms with van der Waals surface area (Å²) < 4.78 is 5.85. The molecule has 3 nitrogen and oxygen atoms in total. The minimum absolute atomic E-state index is 0.0831. The van der Waals surface area contributed by atoms with Crippen LogP contribution < -0.4 is 5.32 Å². The van der Waals surface area contributed by atoms with E-state index in [1.165, 1.54) is 51.6 Å². The summed E-state index contributed by atoms with van der Waals surface area (Å²) in [6.45, 7) is 7.97. The van der Waals surface area contributed by atoms with Crippen LogP contribution in [0.2, 0.25) is 0 Å². The van der Waals surface area contributed by atoms with E-state index in [9.17, 15) is 0 Å². The Bertz CT molecular complexity index is 288. The summed E-state index contributed by atoms with van der Waals surface area (Å²) in [6, 6.07) is 2.34. The van der Waals surface area contributed by atoms with Crippen LogP contribution in [0.15, 0.2) is 0 Å². The smallest absolute Gasteiger partial charge is 0.0641 e. The van der Waals surface area contributed by atoms with E-state index in [0.29, 0.717) is 0 Å². The lowest BCUT2D eigenvalue weighted by Crippen LogP contribution is -2.53. The molecule has 0 aromatic carbocycles. The summed E-state index contributed by atoms with van der Waals surface area (Å²) in [6.07, 6.45) is 7.96. The van der Waals surface area contributed by atoms with Gasteiger partial charge in [0.1, 0.15) is 0 Å². The topological polar surface area (TPSA) is 24.5 Å². The summed E-state index contributed by atoms with van der Waals surface area (Å²) >= 11 is 0. The van der Waals surface area contributed by atoms with Crippen LogP contribution in [0.3, 0.4) is 0 Å². The van der Waals surface area contributed by atoms with Crippen molar-refractivity contribution in [2.45, 2.75) is 76.1 Å². The highest BCUT2D eigenvalue weighted by Gasteiger charge is 2.35. The highest BCUT2D eigenvalue weighted by molar-refractivity contribution is 4.92. The fraction of sp³-hybridized carbons (Fsp3) is 1.00. The van der Waals surface area contributed by atoms with Gasteiger partial charge in [-0.25, -0.2) is 0 Å². The molecule has 1 N–H and O–H groups in total. The first-order chi connectivity index (χ1) is 8.62. The monoisotopic (exact) mass is 252 g/mol. The molecule has 0 amide bonds. The second-order valence-corrected chi connectivity index (χ2v) is 7.03. The fourth-order valence-electron chi connectivity index (χ4n) is 3.57. The molecule has 0 bridgehead atoms. The van der Waals surface area contributed by atoms with E-state index in [2.05, 4.69) is 24.1 Å². The van der Waals surface area contributed by atoms with Gasteiger partial charge in [0.15, 0.2) is 0 Å². The first-order valence-electron chi connectivity index (χ1n) is 7.76. The van der Waals surface area contributed by atoms with Crippen LogP contribution in [0.25, 0.3) is 0 Å². The molecule has 0 spiro atoms. The predicted molar refractivity (Wildman–Crippen MR) is 73.8 cm³/mol. The van der Waals surface area contributed by atoms with Crippen molar-refractivity contribution < 1.29 is 4.74 Å². The maximum atomic E-state index is 5.85. The van der Waals surface area contributed by atoms with E-state index in [1.54, 1.807) is 0 Å². The van der Waals surface area contributed by atoms with Crippen LogP contribution in [0.4, 0.5) is 0 Å². The van der Waals surface area contributed by atoms with Crippen molar-refractivity contribution in [2.24, 2.45) is 0 Å². The van der Waals surface area contributed by atoms with E-state index >= 15 is 0 Å². The highest BCUT2D eigenvalue weighted by atomic mass is 16.5. The Morgan fingerprint density at radius 1 is 1.11 bits per heavy atom. The predicted octanol–water partition coefficient (Wildman–Crippen LogP) is 2.16. The molecule has 2 heterocycles. The molecule has 3 rings (SSSR count). The maximum Gasteiger partial charge on any atom is 0.0641 e. The molecule has 3 aliphatic rings. The van der Waals surface area contributed by atoms with Gasteiger partial charge in [-0.3, -0.25) is 4.90 Å². The Balaban J connectivity index is 1.54. The molecule has 3 fully saturated rings. The van der Waals surface area contributed by atoms with Gasteiger partial charge >= 0.3 is 0 Å². The third-order valence-corrected chi connectivity index (χ3v) is 4.69. The largest absolute Gasteiger partial charge is 0.375 e. The number of hydrogen-bond acceptors (Lipinski definition) is 3. The van der Waals surface area contributed by atoms with Gasteiger partial charge in [-0.05, 0) is 58.9 Å². The highest BCUT2D eigenvalue weighted by Crippen LogP contribution is 2.29. The van der Waals surface area contributed by atoms with Crippen LogP contribution in [0.1, 0.15) is 52.4 Å². The molecule has 2 aliphatic heterocycles. The quantitative estimate of drug-likeness (QED) is 0.833. The number of piperidine rings is 1. The summed E-state index contributed by atoms with van der Waals surface area (Å²) in [5, 5.41) is 3.81. The summed E-state index contributed by atoms with van der Waals surface area (Å²) in [7, 11) is 0. The number of ether oxygens (including phenoxy) is 1. The zero-order chi connectivity index (χ0) is 12.6. The lowest BCUT2D eigenvalue weighted by atomic mass is 9.91. The van der Waals surface area contributed by atoms with Gasteiger partial charge in [-0.15, -0.1) is 0 Å². The van der Waals surface area contributed by atoms with Crippen molar-refractivity contribution in [3.63, 3.8) is 0 Å². The molecule has 1 aliphatic carbocycles. The summed E-state index contributed by atoms with van der Waals surface area (Å²) in [4.78, 5) is 2.73. The second-order valence-electron chi connectivity index (χ2n) is 7.03. The van der Waals surface area contributed by atoms with Crippen molar-refractivity contribution in [2.75, 3.05) is 19.7 Å². The van der Waals surface area contributed by atoms with Crippen LogP contribution in [-0.4, -0.2) is 48.3 Å². The molecule has 1 saturated carbocycles. The van der Waals surface area contributed by atoms with Crippen molar-refractivity contribution in [1.82, 2.24) is 10.2 Å². The van der Waals surface area contributed by atoms with E-state index in [-0.39, 0.29) is 5.60 Å². The van der Waals surface area contributed by atoms with Gasteiger partial charge in [0, 0.05) is 31.3 Å². The molecular formula is C15H28N2O. The molecule has 0 radical (unpaired) electrons. The zero-order valence-corrected chi connectivity index (χ0v) is 12.0. The van der Waals surface area contributed by atoms with Crippen LogP contribution in [0.5, 0.6) is 0 Å². The summed E-state index contributed by atoms with van der Waals surface area (Å²) in [5.41, 5.74) is 0.0831. The van der Waals surface area contributed by atoms with E-state index in [4.69, 9.17) is 4.74 Å². The Kier molecular flexibility index (Phi) is 3.65. The zero-order valence-electron chi connectivity index (χ0n) is 12.0. The van der Waals surface area contributed by atoms with Gasteiger partial charge in [0.25, 0.3) is 0 Å². The number of rotatable bonds is 3. The van der Waals surface area contributed by atoms with Crippen molar-refractivity contribution in [3.05, 3.63) is 0 Å². The molecule has 2 atom stereocenters.